The van der Waals surface area contributed by atoms with Gasteiger partial charge in [-0.3, -0.25) is 0 Å². The van der Waals surface area contributed by atoms with E-state index in [1.54, 1.807) is 13.0 Å². The van der Waals surface area contributed by atoms with Crippen LogP contribution in [0.4, 0.5) is 0 Å². The van der Waals surface area contributed by atoms with Crippen molar-refractivity contribution in [2.45, 2.75) is 33.7 Å². The van der Waals surface area contributed by atoms with Gasteiger partial charge in [0.1, 0.15) is 23.6 Å². The first-order valence-corrected chi connectivity index (χ1v) is 6.82. The van der Waals surface area contributed by atoms with Gasteiger partial charge in [0.2, 0.25) is 0 Å². The highest BCUT2D eigenvalue weighted by Crippen LogP contribution is 2.16. The van der Waals surface area contributed by atoms with Crippen LogP contribution in [-0.4, -0.2) is 32.1 Å². The molecule has 0 radical (unpaired) electrons. The van der Waals surface area contributed by atoms with Crippen molar-refractivity contribution in [3.05, 3.63) is 23.2 Å². The Morgan fingerprint density at radius 2 is 2.15 bits per heavy atom. The number of ether oxygens (including phenoxy) is 1. The quantitative estimate of drug-likeness (QED) is 0.473. The van der Waals surface area contributed by atoms with Crippen LogP contribution >= 0.6 is 0 Å². The van der Waals surface area contributed by atoms with Gasteiger partial charge < -0.3 is 19.8 Å². The Bertz CT molecular complexity index is 466. The average Bonchev–Trinajstić information content (AvgIpc) is 2.82. The van der Waals surface area contributed by atoms with E-state index in [0.717, 1.165) is 25.5 Å². The number of aliphatic imine (C=N–C) groups is 1. The number of hydrogen-bond acceptors (Lipinski definition) is 4. The molecule has 0 saturated heterocycles. The molecule has 0 saturated carbocycles. The molecule has 2 N–H and O–H groups in total. The van der Waals surface area contributed by atoms with Crippen molar-refractivity contribution in [3.8, 4) is 0 Å². The summed E-state index contributed by atoms with van der Waals surface area (Å²) in [6.45, 7) is 7.86. The van der Waals surface area contributed by atoms with Gasteiger partial charge in [-0.25, -0.2) is 9.79 Å². The first-order valence-electron chi connectivity index (χ1n) is 6.82. The van der Waals surface area contributed by atoms with Gasteiger partial charge in [0.05, 0.1) is 7.11 Å². The van der Waals surface area contributed by atoms with Gasteiger partial charge in [0.15, 0.2) is 5.96 Å². The van der Waals surface area contributed by atoms with E-state index in [1.807, 2.05) is 6.92 Å². The molecule has 0 aliphatic rings. The predicted octanol–water partition coefficient (Wildman–Crippen LogP) is 1.84. The van der Waals surface area contributed by atoms with Crippen LogP contribution in [0, 0.1) is 6.92 Å². The van der Waals surface area contributed by atoms with Crippen molar-refractivity contribution in [2.75, 3.05) is 20.2 Å². The second kappa shape index (κ2) is 8.24. The maximum absolute atomic E-state index is 11.5. The van der Waals surface area contributed by atoms with Gasteiger partial charge in [-0.05, 0) is 26.3 Å². The number of furan rings is 1. The lowest BCUT2D eigenvalue weighted by Crippen LogP contribution is -2.37. The summed E-state index contributed by atoms with van der Waals surface area (Å²) in [5.74, 6) is 1.53. The standard InChI is InChI=1S/C14H23N3O3/c1-5-7-16-14(15-6-2)17-9-11-8-12(10(3)20-11)13(18)19-4/h8H,5-7,9H2,1-4H3,(H2,15,16,17). The van der Waals surface area contributed by atoms with Gasteiger partial charge in [-0.1, -0.05) is 6.92 Å². The minimum Gasteiger partial charge on any atom is -0.465 e. The van der Waals surface area contributed by atoms with E-state index in [1.165, 1.54) is 7.11 Å². The summed E-state index contributed by atoms with van der Waals surface area (Å²) in [7, 11) is 1.35. The van der Waals surface area contributed by atoms with E-state index in [4.69, 9.17) is 4.42 Å². The van der Waals surface area contributed by atoms with Crippen molar-refractivity contribution in [3.63, 3.8) is 0 Å². The van der Waals surface area contributed by atoms with Crippen molar-refractivity contribution in [1.82, 2.24) is 10.6 Å². The zero-order valence-electron chi connectivity index (χ0n) is 12.6. The SMILES string of the molecule is CCCNC(=NCc1cc(C(=O)OC)c(C)o1)NCC. The lowest BCUT2D eigenvalue weighted by molar-refractivity contribution is 0.0599. The van der Waals surface area contributed by atoms with E-state index < -0.39 is 5.97 Å². The van der Waals surface area contributed by atoms with Crippen LogP contribution in [0.5, 0.6) is 0 Å². The Kier molecular flexibility index (Phi) is 6.63. The molecule has 1 aromatic heterocycles. The highest BCUT2D eigenvalue weighted by atomic mass is 16.5. The highest BCUT2D eigenvalue weighted by molar-refractivity contribution is 5.90. The fourth-order valence-electron chi connectivity index (χ4n) is 1.68. The number of guanidine groups is 1. The van der Waals surface area contributed by atoms with E-state index >= 15 is 0 Å². The summed E-state index contributed by atoms with van der Waals surface area (Å²) in [5.41, 5.74) is 0.448. The highest BCUT2D eigenvalue weighted by Gasteiger charge is 2.15. The molecule has 1 rings (SSSR count). The van der Waals surface area contributed by atoms with Gasteiger partial charge in [-0.15, -0.1) is 0 Å². The monoisotopic (exact) mass is 281 g/mol. The molecule has 0 amide bonds. The molecule has 0 aliphatic heterocycles. The van der Waals surface area contributed by atoms with Gasteiger partial charge in [0, 0.05) is 13.1 Å². The number of carbonyl (C=O) groups excluding carboxylic acids is 1. The summed E-state index contributed by atoms with van der Waals surface area (Å²) in [6.07, 6.45) is 1.02. The Hall–Kier alpha value is -1.98. The van der Waals surface area contributed by atoms with Crippen LogP contribution in [-0.2, 0) is 11.3 Å². The second-order valence-corrected chi connectivity index (χ2v) is 4.30. The maximum atomic E-state index is 11.5. The Labute approximate surface area is 119 Å². The third kappa shape index (κ3) is 4.60. The van der Waals surface area contributed by atoms with Crippen LogP contribution in [0.15, 0.2) is 15.5 Å². The first-order chi connectivity index (χ1) is 9.62. The first kappa shape index (κ1) is 16.1. The Morgan fingerprint density at radius 1 is 1.40 bits per heavy atom. The molecule has 0 atom stereocenters. The van der Waals surface area contributed by atoms with E-state index in [0.29, 0.717) is 23.6 Å². The number of rotatable bonds is 6. The molecule has 6 heteroatoms. The summed E-state index contributed by atoms with van der Waals surface area (Å²) in [5, 5.41) is 6.35. The zero-order valence-corrected chi connectivity index (χ0v) is 12.6. The van der Waals surface area contributed by atoms with Crippen molar-refractivity contribution in [1.29, 1.82) is 0 Å². The lowest BCUT2D eigenvalue weighted by atomic mass is 10.2. The molecule has 6 nitrogen and oxygen atoms in total. The molecule has 0 unspecified atom stereocenters. The van der Waals surface area contributed by atoms with Crippen LogP contribution < -0.4 is 10.6 Å². The number of methoxy groups -OCH3 is 1. The van der Waals surface area contributed by atoms with Crippen molar-refractivity contribution in [2.24, 2.45) is 4.99 Å². The molecule has 1 heterocycles. The normalized spacial score (nSPS) is 11.3. The molecule has 1 aromatic rings. The summed E-state index contributed by atoms with van der Waals surface area (Å²) in [4.78, 5) is 15.9. The van der Waals surface area contributed by atoms with Crippen LogP contribution in [0.1, 0.15) is 42.1 Å². The third-order valence-corrected chi connectivity index (χ3v) is 2.65. The fraction of sp³-hybridized carbons (Fsp3) is 0.571. The zero-order chi connectivity index (χ0) is 15.0. The minimum atomic E-state index is -0.391. The summed E-state index contributed by atoms with van der Waals surface area (Å²) >= 11 is 0. The average molecular weight is 281 g/mol. The summed E-state index contributed by atoms with van der Waals surface area (Å²) in [6, 6.07) is 1.67. The number of nitrogens with zero attached hydrogens (tertiary/aromatic N) is 1. The van der Waals surface area contributed by atoms with Gasteiger partial charge >= 0.3 is 5.97 Å². The van der Waals surface area contributed by atoms with Gasteiger partial charge in [0.25, 0.3) is 0 Å². The molecular formula is C14H23N3O3. The van der Waals surface area contributed by atoms with Crippen LogP contribution in [0.2, 0.25) is 0 Å². The molecule has 0 aliphatic carbocycles. The fourth-order valence-corrected chi connectivity index (χ4v) is 1.68. The number of hydrogen-bond donors (Lipinski definition) is 2. The Balaban J connectivity index is 2.73. The molecule has 0 fully saturated rings. The number of nitrogens with one attached hydrogen (secondary N) is 2. The maximum Gasteiger partial charge on any atom is 0.341 e. The topological polar surface area (TPSA) is 75.9 Å². The third-order valence-electron chi connectivity index (χ3n) is 2.65. The lowest BCUT2D eigenvalue weighted by Gasteiger charge is -2.09. The molecule has 112 valence electrons. The minimum absolute atomic E-state index is 0.372. The molecule has 20 heavy (non-hydrogen) atoms. The second-order valence-electron chi connectivity index (χ2n) is 4.30. The van der Waals surface area contributed by atoms with Gasteiger partial charge in [-0.2, -0.15) is 0 Å². The van der Waals surface area contributed by atoms with E-state index in [2.05, 4.69) is 27.3 Å². The largest absolute Gasteiger partial charge is 0.465 e. The molecule has 0 bridgehead atoms. The molecule has 0 aromatic carbocycles. The van der Waals surface area contributed by atoms with E-state index in [9.17, 15) is 4.79 Å². The number of aryl methyl sites for hydroxylation is 1. The van der Waals surface area contributed by atoms with Crippen molar-refractivity contribution < 1.29 is 13.9 Å². The number of esters is 1. The Morgan fingerprint density at radius 3 is 2.75 bits per heavy atom. The van der Waals surface area contributed by atoms with Crippen LogP contribution in [0.3, 0.4) is 0 Å². The molecular weight excluding hydrogens is 258 g/mol. The van der Waals surface area contributed by atoms with Crippen LogP contribution in [0.25, 0.3) is 0 Å². The molecule has 0 spiro atoms. The van der Waals surface area contributed by atoms with E-state index in [-0.39, 0.29) is 0 Å². The predicted molar refractivity (Wildman–Crippen MR) is 77.9 cm³/mol. The summed E-state index contributed by atoms with van der Waals surface area (Å²) < 4.78 is 10.2. The van der Waals surface area contributed by atoms with Crippen molar-refractivity contribution >= 4 is 11.9 Å². The number of carbonyl (C=O) groups is 1. The smallest absolute Gasteiger partial charge is 0.341 e.